The minimum absolute atomic E-state index is 0.187. The molecule has 5 nitrogen and oxygen atoms in total. The first-order valence-electron chi connectivity index (χ1n) is 4.08. The Morgan fingerprint density at radius 3 is 2.79 bits per heavy atom. The Hall–Kier alpha value is -2.04. The van der Waals surface area contributed by atoms with Crippen LogP contribution in [0, 0.1) is 0 Å². The number of aryl methyl sites for hydroxylation is 1. The average molecular weight is 188 g/mol. The van der Waals surface area contributed by atoms with Crippen molar-refractivity contribution >= 4 is 5.78 Å². The van der Waals surface area contributed by atoms with Gasteiger partial charge in [0.2, 0.25) is 5.78 Å². The monoisotopic (exact) mass is 188 g/mol. The number of ketones is 1. The molecule has 0 unspecified atom stereocenters. The molecule has 0 saturated carbocycles. The summed E-state index contributed by atoms with van der Waals surface area (Å²) in [6, 6.07) is 3.22. The molecular weight excluding hydrogens is 180 g/mol. The molecule has 0 spiro atoms. The molecule has 0 radical (unpaired) electrons. The van der Waals surface area contributed by atoms with E-state index in [4.69, 9.17) is 0 Å². The Kier molecular flexibility index (Phi) is 2.06. The molecule has 2 aromatic heterocycles. The zero-order valence-electron chi connectivity index (χ0n) is 7.58. The Morgan fingerprint density at radius 2 is 2.21 bits per heavy atom. The van der Waals surface area contributed by atoms with Crippen LogP contribution in [0.25, 0.3) is 0 Å². The third-order valence-corrected chi connectivity index (χ3v) is 1.76. The van der Waals surface area contributed by atoms with Gasteiger partial charge in [-0.3, -0.25) is 9.48 Å². The van der Waals surface area contributed by atoms with E-state index in [9.17, 15) is 4.79 Å². The number of carbonyl (C=O) groups excluding carboxylic acids is 1. The molecule has 2 rings (SSSR count). The van der Waals surface area contributed by atoms with Gasteiger partial charge in [0.05, 0.1) is 0 Å². The van der Waals surface area contributed by atoms with E-state index < -0.39 is 0 Å². The fourth-order valence-corrected chi connectivity index (χ4v) is 1.09. The van der Waals surface area contributed by atoms with E-state index in [2.05, 4.69) is 15.1 Å². The van der Waals surface area contributed by atoms with E-state index in [1.54, 1.807) is 30.1 Å². The minimum atomic E-state index is -0.187. The second kappa shape index (κ2) is 3.37. The topological polar surface area (TPSA) is 60.7 Å². The van der Waals surface area contributed by atoms with Gasteiger partial charge in [-0.1, -0.05) is 0 Å². The molecule has 0 aliphatic heterocycles. The van der Waals surface area contributed by atoms with Gasteiger partial charge >= 0.3 is 0 Å². The SMILES string of the molecule is Cn1ccc(C(=O)c2ccncn2)n1. The van der Waals surface area contributed by atoms with Crippen molar-refractivity contribution < 1.29 is 4.79 Å². The molecule has 0 amide bonds. The van der Waals surface area contributed by atoms with Gasteiger partial charge < -0.3 is 0 Å². The third kappa shape index (κ3) is 1.52. The van der Waals surface area contributed by atoms with Gasteiger partial charge in [-0.15, -0.1) is 0 Å². The first-order chi connectivity index (χ1) is 6.77. The highest BCUT2D eigenvalue weighted by Crippen LogP contribution is 2.02. The molecule has 0 aromatic carbocycles. The zero-order chi connectivity index (χ0) is 9.97. The van der Waals surface area contributed by atoms with E-state index in [1.807, 2.05) is 0 Å². The van der Waals surface area contributed by atoms with E-state index in [1.165, 1.54) is 12.5 Å². The largest absolute Gasteiger partial charge is 0.285 e. The lowest BCUT2D eigenvalue weighted by molar-refractivity contribution is 0.102. The van der Waals surface area contributed by atoms with Crippen molar-refractivity contribution in [3.8, 4) is 0 Å². The Morgan fingerprint density at radius 1 is 1.36 bits per heavy atom. The number of aromatic nitrogens is 4. The number of rotatable bonds is 2. The first-order valence-corrected chi connectivity index (χ1v) is 4.08. The molecule has 0 fully saturated rings. The molecule has 0 atom stereocenters. The summed E-state index contributed by atoms with van der Waals surface area (Å²) in [7, 11) is 1.76. The van der Waals surface area contributed by atoms with Crippen molar-refractivity contribution in [3.63, 3.8) is 0 Å². The third-order valence-electron chi connectivity index (χ3n) is 1.76. The van der Waals surface area contributed by atoms with Gasteiger partial charge in [0.1, 0.15) is 17.7 Å². The molecule has 0 bridgehead atoms. The Bertz CT molecular complexity index is 449. The van der Waals surface area contributed by atoms with Crippen molar-refractivity contribution in [2.45, 2.75) is 0 Å². The molecule has 2 heterocycles. The normalized spacial score (nSPS) is 10.1. The molecule has 70 valence electrons. The summed E-state index contributed by atoms with van der Waals surface area (Å²) in [5.74, 6) is -0.187. The lowest BCUT2D eigenvalue weighted by Gasteiger charge is -1.94. The van der Waals surface area contributed by atoms with E-state index >= 15 is 0 Å². The van der Waals surface area contributed by atoms with Crippen LogP contribution in [0.3, 0.4) is 0 Å². The summed E-state index contributed by atoms with van der Waals surface area (Å²) >= 11 is 0. The highest BCUT2D eigenvalue weighted by molar-refractivity contribution is 6.06. The van der Waals surface area contributed by atoms with Crippen LogP contribution in [0.2, 0.25) is 0 Å². The van der Waals surface area contributed by atoms with Crippen LogP contribution in [0.1, 0.15) is 16.2 Å². The fraction of sp³-hybridized carbons (Fsp3) is 0.111. The number of hydrogen-bond donors (Lipinski definition) is 0. The molecule has 0 saturated heterocycles. The van der Waals surface area contributed by atoms with Gasteiger partial charge in [-0.05, 0) is 12.1 Å². The van der Waals surface area contributed by atoms with Crippen LogP contribution in [-0.4, -0.2) is 25.5 Å². The van der Waals surface area contributed by atoms with Crippen LogP contribution >= 0.6 is 0 Å². The molecule has 0 aliphatic carbocycles. The summed E-state index contributed by atoms with van der Waals surface area (Å²) < 4.78 is 1.58. The molecule has 0 N–H and O–H groups in total. The van der Waals surface area contributed by atoms with Gasteiger partial charge in [-0.25, -0.2) is 9.97 Å². The Balaban J connectivity index is 2.34. The standard InChI is InChI=1S/C9H8N4O/c1-13-5-3-8(12-13)9(14)7-2-4-10-6-11-7/h2-6H,1H3. The Labute approximate surface area is 80.4 Å². The average Bonchev–Trinajstić information content (AvgIpc) is 2.65. The highest BCUT2D eigenvalue weighted by Gasteiger charge is 2.12. The highest BCUT2D eigenvalue weighted by atomic mass is 16.1. The summed E-state index contributed by atoms with van der Waals surface area (Å²) in [6.45, 7) is 0. The predicted octanol–water partition coefficient (Wildman–Crippen LogP) is 0.441. The summed E-state index contributed by atoms with van der Waals surface area (Å²) in [6.07, 6.45) is 4.59. The van der Waals surface area contributed by atoms with E-state index in [-0.39, 0.29) is 5.78 Å². The van der Waals surface area contributed by atoms with Gasteiger partial charge in [-0.2, -0.15) is 5.10 Å². The zero-order valence-corrected chi connectivity index (χ0v) is 7.58. The van der Waals surface area contributed by atoms with Crippen LogP contribution < -0.4 is 0 Å². The smallest absolute Gasteiger partial charge is 0.231 e. The van der Waals surface area contributed by atoms with E-state index in [0.29, 0.717) is 11.4 Å². The number of carbonyl (C=O) groups is 1. The number of nitrogens with zero attached hydrogens (tertiary/aromatic N) is 4. The van der Waals surface area contributed by atoms with E-state index in [0.717, 1.165) is 0 Å². The maximum absolute atomic E-state index is 11.7. The maximum Gasteiger partial charge on any atom is 0.231 e. The molecule has 0 aliphatic rings. The summed E-state index contributed by atoms with van der Waals surface area (Å²) in [4.78, 5) is 19.3. The lowest BCUT2D eigenvalue weighted by atomic mass is 10.2. The first kappa shape index (κ1) is 8.55. The molecule has 14 heavy (non-hydrogen) atoms. The van der Waals surface area contributed by atoms with Crippen molar-refractivity contribution in [3.05, 3.63) is 42.2 Å². The maximum atomic E-state index is 11.7. The summed E-state index contributed by atoms with van der Waals surface area (Å²) in [5, 5.41) is 3.99. The van der Waals surface area contributed by atoms with Crippen LogP contribution in [0.4, 0.5) is 0 Å². The quantitative estimate of drug-likeness (QED) is 0.641. The molecule has 2 aromatic rings. The van der Waals surface area contributed by atoms with Crippen molar-refractivity contribution in [1.29, 1.82) is 0 Å². The van der Waals surface area contributed by atoms with Gasteiger partial charge in [0.25, 0.3) is 0 Å². The fourth-order valence-electron chi connectivity index (χ4n) is 1.09. The predicted molar refractivity (Wildman–Crippen MR) is 48.7 cm³/mol. The number of hydrogen-bond acceptors (Lipinski definition) is 4. The second-order valence-electron chi connectivity index (χ2n) is 2.80. The minimum Gasteiger partial charge on any atom is -0.285 e. The van der Waals surface area contributed by atoms with Crippen molar-refractivity contribution in [2.75, 3.05) is 0 Å². The second-order valence-corrected chi connectivity index (χ2v) is 2.80. The van der Waals surface area contributed by atoms with Crippen molar-refractivity contribution in [1.82, 2.24) is 19.7 Å². The van der Waals surface area contributed by atoms with Crippen LogP contribution in [0.5, 0.6) is 0 Å². The molecular formula is C9H8N4O. The summed E-state index contributed by atoms with van der Waals surface area (Å²) in [5.41, 5.74) is 0.755. The van der Waals surface area contributed by atoms with Crippen molar-refractivity contribution in [2.24, 2.45) is 7.05 Å². The van der Waals surface area contributed by atoms with Gasteiger partial charge in [0, 0.05) is 19.4 Å². The van der Waals surface area contributed by atoms with Crippen LogP contribution in [-0.2, 0) is 7.05 Å². The molecule has 5 heteroatoms. The lowest BCUT2D eigenvalue weighted by Crippen LogP contribution is -2.05. The van der Waals surface area contributed by atoms with Crippen LogP contribution in [0.15, 0.2) is 30.9 Å². The van der Waals surface area contributed by atoms with Gasteiger partial charge in [0.15, 0.2) is 0 Å².